The summed E-state index contributed by atoms with van der Waals surface area (Å²) >= 11 is 1.04. The summed E-state index contributed by atoms with van der Waals surface area (Å²) in [7, 11) is 1.53. The van der Waals surface area contributed by atoms with Crippen LogP contribution in [0.15, 0.2) is 82.7 Å². The van der Waals surface area contributed by atoms with Crippen molar-refractivity contribution in [2.45, 2.75) is 12.1 Å². The van der Waals surface area contributed by atoms with E-state index in [-0.39, 0.29) is 16.8 Å². The quantitative estimate of drug-likeness (QED) is 0.263. The van der Waals surface area contributed by atoms with E-state index in [1.807, 2.05) is 6.92 Å². The van der Waals surface area contributed by atoms with Gasteiger partial charge in [-0.3, -0.25) is 19.8 Å². The smallest absolute Gasteiger partial charge is 0.281 e. The van der Waals surface area contributed by atoms with E-state index in [0.717, 1.165) is 16.4 Å². The molecule has 1 aromatic heterocycles. The van der Waals surface area contributed by atoms with E-state index in [9.17, 15) is 14.4 Å². The molecule has 2 N–H and O–H groups in total. The number of hydrogen-bond donors (Lipinski definition) is 2. The molecule has 4 aromatic rings. The number of amides is 2. The Kier molecular flexibility index (Phi) is 7.86. The lowest BCUT2D eigenvalue weighted by molar-refractivity contribution is -0.113. The van der Waals surface area contributed by atoms with Gasteiger partial charge in [0.2, 0.25) is 5.91 Å². The minimum Gasteiger partial charge on any atom is -0.497 e. The zero-order chi connectivity index (χ0) is 25.5. The predicted octanol–water partition coefficient (Wildman–Crippen LogP) is 3.92. The lowest BCUT2D eigenvalue weighted by Gasteiger charge is -2.14. The Morgan fingerprint density at radius 2 is 1.67 bits per heavy atom. The molecular formula is C26H24N4O5S. The molecule has 36 heavy (non-hydrogen) atoms. The van der Waals surface area contributed by atoms with Crippen LogP contribution in [0.1, 0.15) is 17.3 Å². The first kappa shape index (κ1) is 24.8. The van der Waals surface area contributed by atoms with Crippen LogP contribution in [0, 0.1) is 0 Å². The second-order valence-corrected chi connectivity index (χ2v) is 8.46. The number of ether oxygens (including phenoxy) is 2. The summed E-state index contributed by atoms with van der Waals surface area (Å²) in [4.78, 5) is 43.2. The molecule has 0 unspecified atom stereocenters. The minimum absolute atomic E-state index is 0.0314. The van der Waals surface area contributed by atoms with Crippen molar-refractivity contribution < 1.29 is 19.1 Å². The van der Waals surface area contributed by atoms with E-state index in [2.05, 4.69) is 15.7 Å². The molecule has 4 rings (SSSR count). The average Bonchev–Trinajstić information content (AvgIpc) is 2.90. The Morgan fingerprint density at radius 3 is 2.36 bits per heavy atom. The summed E-state index contributed by atoms with van der Waals surface area (Å²) < 4.78 is 11.6. The van der Waals surface area contributed by atoms with E-state index in [1.165, 1.54) is 7.11 Å². The van der Waals surface area contributed by atoms with Gasteiger partial charge < -0.3 is 14.8 Å². The molecule has 3 aromatic carbocycles. The van der Waals surface area contributed by atoms with E-state index in [4.69, 9.17) is 9.47 Å². The summed E-state index contributed by atoms with van der Waals surface area (Å²) in [5.41, 5.74) is 3.57. The van der Waals surface area contributed by atoms with Gasteiger partial charge in [0, 0.05) is 11.3 Å². The highest BCUT2D eigenvalue weighted by atomic mass is 32.2. The summed E-state index contributed by atoms with van der Waals surface area (Å²) in [5.74, 6) is 0.487. The van der Waals surface area contributed by atoms with Crippen molar-refractivity contribution >= 4 is 40.2 Å². The van der Waals surface area contributed by atoms with Crippen LogP contribution >= 0.6 is 11.8 Å². The second-order valence-electron chi connectivity index (χ2n) is 7.52. The summed E-state index contributed by atoms with van der Waals surface area (Å²) in [5, 5.41) is 3.33. The van der Waals surface area contributed by atoms with Crippen LogP contribution in [0.25, 0.3) is 10.9 Å². The van der Waals surface area contributed by atoms with Gasteiger partial charge >= 0.3 is 0 Å². The molecule has 0 aliphatic carbocycles. The maximum Gasteiger partial charge on any atom is 0.281 e. The highest BCUT2D eigenvalue weighted by Crippen LogP contribution is 2.20. The van der Waals surface area contributed by atoms with E-state index >= 15 is 0 Å². The van der Waals surface area contributed by atoms with E-state index < -0.39 is 11.5 Å². The molecule has 0 saturated carbocycles. The fraction of sp³-hybridized carbons (Fsp3) is 0.154. The van der Waals surface area contributed by atoms with Crippen molar-refractivity contribution in [3.8, 4) is 11.5 Å². The SMILES string of the molecule is CCOc1ccc(NC(=O)CSc2nc3ccccc3c(=O)n2NC(=O)c2ccc(OC)cc2)cc1. The number of anilines is 1. The zero-order valence-corrected chi connectivity index (χ0v) is 20.5. The number of nitrogens with one attached hydrogen (secondary N) is 2. The number of carbonyl (C=O) groups is 2. The molecule has 0 spiro atoms. The van der Waals surface area contributed by atoms with Crippen molar-refractivity contribution in [3.05, 3.63) is 88.7 Å². The Balaban J connectivity index is 1.54. The van der Waals surface area contributed by atoms with Crippen molar-refractivity contribution in [1.82, 2.24) is 9.66 Å². The second kappa shape index (κ2) is 11.4. The van der Waals surface area contributed by atoms with Gasteiger partial charge in [0.25, 0.3) is 11.5 Å². The molecule has 2 amide bonds. The highest BCUT2D eigenvalue weighted by molar-refractivity contribution is 7.99. The van der Waals surface area contributed by atoms with Gasteiger partial charge in [0.15, 0.2) is 5.16 Å². The molecule has 184 valence electrons. The molecule has 0 saturated heterocycles. The molecule has 9 nitrogen and oxygen atoms in total. The van der Waals surface area contributed by atoms with Crippen molar-refractivity contribution in [2.75, 3.05) is 30.2 Å². The van der Waals surface area contributed by atoms with Gasteiger partial charge in [-0.15, -0.1) is 0 Å². The Hall–Kier alpha value is -4.31. The summed E-state index contributed by atoms with van der Waals surface area (Å²) in [6.45, 7) is 2.45. The molecule has 0 bridgehead atoms. The molecule has 0 atom stereocenters. The first-order valence-electron chi connectivity index (χ1n) is 11.1. The maximum absolute atomic E-state index is 13.2. The Labute approximate surface area is 211 Å². The number of carbonyl (C=O) groups excluding carboxylic acids is 2. The van der Waals surface area contributed by atoms with Crippen LogP contribution in [0.2, 0.25) is 0 Å². The number of hydrogen-bond acceptors (Lipinski definition) is 7. The van der Waals surface area contributed by atoms with Crippen molar-refractivity contribution in [3.63, 3.8) is 0 Å². The van der Waals surface area contributed by atoms with Crippen LogP contribution in [0.3, 0.4) is 0 Å². The van der Waals surface area contributed by atoms with Crippen molar-refractivity contribution in [2.24, 2.45) is 0 Å². The normalized spacial score (nSPS) is 10.6. The third-order valence-electron chi connectivity index (χ3n) is 5.09. The highest BCUT2D eigenvalue weighted by Gasteiger charge is 2.16. The lowest BCUT2D eigenvalue weighted by atomic mass is 10.2. The van der Waals surface area contributed by atoms with E-state index in [0.29, 0.717) is 40.3 Å². The van der Waals surface area contributed by atoms with Gasteiger partial charge in [-0.2, -0.15) is 4.68 Å². The van der Waals surface area contributed by atoms with Gasteiger partial charge in [-0.25, -0.2) is 4.98 Å². The molecule has 1 heterocycles. The lowest BCUT2D eigenvalue weighted by Crippen LogP contribution is -2.35. The number of nitrogens with zero attached hydrogens (tertiary/aromatic N) is 2. The summed E-state index contributed by atoms with van der Waals surface area (Å²) in [6.07, 6.45) is 0. The number of para-hydroxylation sites is 1. The fourth-order valence-corrected chi connectivity index (χ4v) is 4.10. The minimum atomic E-state index is -0.502. The standard InChI is InChI=1S/C26H24N4O5S/c1-3-35-20-14-10-18(11-15-20)27-23(31)16-36-26-28-22-7-5-4-6-21(22)25(33)30(26)29-24(32)17-8-12-19(34-2)13-9-17/h4-15H,3,16H2,1-2H3,(H,27,31)(H,29,32). The summed E-state index contributed by atoms with van der Waals surface area (Å²) in [6, 6.07) is 20.3. The number of thioether (sulfide) groups is 1. The third-order valence-corrected chi connectivity index (χ3v) is 6.03. The van der Waals surface area contributed by atoms with E-state index in [1.54, 1.807) is 72.8 Å². The molecule has 0 aliphatic heterocycles. The van der Waals surface area contributed by atoms with Crippen LogP contribution in [0.5, 0.6) is 11.5 Å². The number of fused-ring (bicyclic) bond motifs is 1. The maximum atomic E-state index is 13.2. The third kappa shape index (κ3) is 5.84. The first-order valence-corrected chi connectivity index (χ1v) is 12.1. The number of methoxy groups -OCH3 is 1. The monoisotopic (exact) mass is 504 g/mol. The predicted molar refractivity (Wildman–Crippen MR) is 140 cm³/mol. The van der Waals surface area contributed by atoms with Gasteiger partial charge in [-0.05, 0) is 67.6 Å². The topological polar surface area (TPSA) is 112 Å². The van der Waals surface area contributed by atoms with Gasteiger partial charge in [0.1, 0.15) is 11.5 Å². The first-order chi connectivity index (χ1) is 17.5. The Bertz CT molecular complexity index is 1440. The van der Waals surface area contributed by atoms with Gasteiger partial charge in [0.05, 0.1) is 30.4 Å². The number of aromatic nitrogens is 2. The number of benzene rings is 3. The Morgan fingerprint density at radius 1 is 0.972 bits per heavy atom. The fourth-order valence-electron chi connectivity index (χ4n) is 3.34. The van der Waals surface area contributed by atoms with Crippen molar-refractivity contribution in [1.29, 1.82) is 0 Å². The van der Waals surface area contributed by atoms with Crippen LogP contribution in [0.4, 0.5) is 5.69 Å². The largest absolute Gasteiger partial charge is 0.497 e. The van der Waals surface area contributed by atoms with Gasteiger partial charge in [-0.1, -0.05) is 23.9 Å². The molecular weight excluding hydrogens is 480 g/mol. The van der Waals surface area contributed by atoms with Crippen LogP contribution < -0.4 is 25.8 Å². The molecule has 0 aliphatic rings. The van der Waals surface area contributed by atoms with Crippen LogP contribution in [-0.4, -0.2) is 40.9 Å². The molecule has 0 fully saturated rings. The molecule has 0 radical (unpaired) electrons. The average molecular weight is 505 g/mol. The molecule has 10 heteroatoms. The van der Waals surface area contributed by atoms with Crippen LogP contribution in [-0.2, 0) is 4.79 Å². The number of rotatable bonds is 9. The zero-order valence-electron chi connectivity index (χ0n) is 19.7.